The zero-order valence-electron chi connectivity index (χ0n) is 41.9. The Morgan fingerprint density at radius 2 is 1.21 bits per heavy atom. The van der Waals surface area contributed by atoms with Crippen molar-refractivity contribution in [3.8, 4) is 67.5 Å². The molecule has 5 heteroatoms. The van der Waals surface area contributed by atoms with Gasteiger partial charge in [-0.25, -0.2) is 4.98 Å². The van der Waals surface area contributed by atoms with Crippen LogP contribution in [-0.2, 0) is 43.7 Å². The summed E-state index contributed by atoms with van der Waals surface area (Å²) in [5, 5.41) is 11.9. The van der Waals surface area contributed by atoms with Crippen LogP contribution in [0, 0.1) is 12.0 Å². The van der Waals surface area contributed by atoms with E-state index in [0.717, 1.165) is 79.3 Å². The summed E-state index contributed by atoms with van der Waals surface area (Å²) in [6, 6.07) is 62.6. The monoisotopic (exact) mass is 1100 g/mol. The minimum atomic E-state index is -0.171. The van der Waals surface area contributed by atoms with Crippen molar-refractivity contribution in [2.75, 3.05) is 0 Å². The quantitative estimate of drug-likeness (QED) is 0.139. The van der Waals surface area contributed by atoms with Crippen LogP contribution >= 0.6 is 0 Å². The Morgan fingerprint density at radius 3 is 1.94 bits per heavy atom. The van der Waals surface area contributed by atoms with E-state index in [0.29, 0.717) is 11.4 Å². The van der Waals surface area contributed by atoms with Gasteiger partial charge in [-0.1, -0.05) is 207 Å². The largest absolute Gasteiger partial charge is 0.507 e. The maximum absolute atomic E-state index is 11.9. The van der Waals surface area contributed by atoms with Gasteiger partial charge < -0.3 is 5.11 Å². The third-order valence-electron chi connectivity index (χ3n) is 14.6. The smallest absolute Gasteiger partial charge is 0.148 e. The molecule has 0 unspecified atom stereocenters. The molecule has 0 radical (unpaired) electrons. The maximum Gasteiger partial charge on any atom is 0.148 e. The number of imidazole rings is 1. The SMILES string of the molecule is CC(C)(C)c1cc(-c2cc(-c3cccc(C(C)(C)c4ccccc4)c3)ccn2)[c-]c(-c2cccc3c2nc(-c2cc(C(C)(C)C)ccc2O)n3-c2ccc(CC3CCCC3)cc2-c2ccccc2)c1.[Pt]. The molecular formula is C65H64N3OPt-. The first-order valence-corrected chi connectivity index (χ1v) is 24.9. The summed E-state index contributed by atoms with van der Waals surface area (Å²) in [7, 11) is 0. The number of aromatic nitrogens is 3. The average Bonchev–Trinajstić information content (AvgIpc) is 4.02. The summed E-state index contributed by atoms with van der Waals surface area (Å²) in [5.74, 6) is 1.61. The normalized spacial score (nSPS) is 13.4. The number of nitrogens with zero attached hydrogens (tertiary/aromatic N) is 3. The van der Waals surface area contributed by atoms with Crippen LogP contribution < -0.4 is 0 Å². The standard InChI is InChI=1S/C65H64N3O.Pt/c1-63(2,3)51-30-32-60(69)56(42-51)62-67-61-54(27-18-28-59(61)68(62)58-31-29-44(35-43-19-15-16-20-43)36-55(58)45-21-11-9-12-22-45)48-37-49(40-53(39-48)64(4,5)6)57-41-47(33-34-66-57)46-23-17-26-52(38-46)65(7,8)50-24-13-10-14-25-50;/h9-14,17-18,21-34,36,38-43,69H,15-16,19-20,35H2,1-8H3;/q-1;. The van der Waals surface area contributed by atoms with E-state index in [9.17, 15) is 5.11 Å². The van der Waals surface area contributed by atoms with Gasteiger partial charge in [0.1, 0.15) is 11.6 Å². The summed E-state index contributed by atoms with van der Waals surface area (Å²) < 4.78 is 2.29. The molecule has 9 aromatic rings. The minimum absolute atomic E-state index is 0. The van der Waals surface area contributed by atoms with Crippen LogP contribution in [-0.4, -0.2) is 19.6 Å². The van der Waals surface area contributed by atoms with Crippen molar-refractivity contribution in [3.63, 3.8) is 0 Å². The molecule has 7 aromatic carbocycles. The predicted molar refractivity (Wildman–Crippen MR) is 288 cm³/mol. The topological polar surface area (TPSA) is 50.9 Å². The number of benzene rings is 7. The Hall–Kier alpha value is -6.35. The van der Waals surface area contributed by atoms with E-state index in [4.69, 9.17) is 9.97 Å². The second-order valence-electron chi connectivity index (χ2n) is 21.9. The van der Waals surface area contributed by atoms with Crippen molar-refractivity contribution in [1.29, 1.82) is 0 Å². The first-order valence-electron chi connectivity index (χ1n) is 24.9. The fourth-order valence-corrected chi connectivity index (χ4v) is 10.4. The van der Waals surface area contributed by atoms with E-state index in [2.05, 4.69) is 218 Å². The Balaban J connectivity index is 0.00000608. The third kappa shape index (κ3) is 9.73. The van der Waals surface area contributed by atoms with Gasteiger partial charge in [-0.05, 0) is 98.5 Å². The van der Waals surface area contributed by atoms with E-state index in [1.165, 1.54) is 47.9 Å². The molecule has 0 atom stereocenters. The first-order chi connectivity index (χ1) is 33.1. The predicted octanol–water partition coefficient (Wildman–Crippen LogP) is 16.9. The number of phenolic OH excluding ortho intramolecular Hbond substituents is 1. The van der Waals surface area contributed by atoms with Crippen molar-refractivity contribution < 1.29 is 26.2 Å². The van der Waals surface area contributed by atoms with Crippen molar-refractivity contribution >= 4 is 11.0 Å². The van der Waals surface area contributed by atoms with E-state index in [-0.39, 0.29) is 43.1 Å². The number of para-hydroxylation sites is 1. The van der Waals surface area contributed by atoms with E-state index >= 15 is 0 Å². The molecule has 0 spiro atoms. The van der Waals surface area contributed by atoms with E-state index in [1.807, 2.05) is 18.3 Å². The first kappa shape index (κ1) is 48.7. The Bertz CT molecular complexity index is 3310. The molecule has 0 saturated heterocycles. The van der Waals surface area contributed by atoms with Gasteiger partial charge in [0.05, 0.1) is 22.3 Å². The van der Waals surface area contributed by atoms with Gasteiger partial charge >= 0.3 is 0 Å². The molecule has 10 rings (SSSR count). The molecule has 1 aliphatic carbocycles. The fourth-order valence-electron chi connectivity index (χ4n) is 10.4. The Kier molecular flexibility index (Phi) is 13.5. The molecule has 4 nitrogen and oxygen atoms in total. The van der Waals surface area contributed by atoms with Crippen LogP contribution in [0.25, 0.3) is 72.7 Å². The molecule has 1 aliphatic rings. The van der Waals surface area contributed by atoms with Gasteiger partial charge in [-0.2, -0.15) is 0 Å². The maximum atomic E-state index is 11.9. The van der Waals surface area contributed by atoms with Crippen LogP contribution in [0.15, 0.2) is 170 Å². The molecule has 1 fully saturated rings. The molecule has 1 saturated carbocycles. The van der Waals surface area contributed by atoms with Gasteiger partial charge in [-0.3, -0.25) is 9.55 Å². The number of fused-ring (bicyclic) bond motifs is 1. The Labute approximate surface area is 430 Å². The van der Waals surface area contributed by atoms with Gasteiger partial charge in [0.2, 0.25) is 0 Å². The van der Waals surface area contributed by atoms with Crippen LogP contribution in [0.1, 0.15) is 109 Å². The molecular weight excluding hydrogens is 1030 g/mol. The zero-order chi connectivity index (χ0) is 48.1. The molecule has 0 aliphatic heterocycles. The van der Waals surface area contributed by atoms with E-state index in [1.54, 1.807) is 0 Å². The number of hydrogen-bond donors (Lipinski definition) is 1. The minimum Gasteiger partial charge on any atom is -0.507 e. The van der Waals surface area contributed by atoms with Crippen LogP contribution in [0.2, 0.25) is 0 Å². The van der Waals surface area contributed by atoms with Crippen molar-refractivity contribution in [2.45, 2.75) is 104 Å². The molecule has 2 aromatic heterocycles. The van der Waals surface area contributed by atoms with Gasteiger partial charge in [0.25, 0.3) is 0 Å². The molecule has 0 bridgehead atoms. The van der Waals surface area contributed by atoms with E-state index < -0.39 is 0 Å². The van der Waals surface area contributed by atoms with Gasteiger partial charge in [0.15, 0.2) is 0 Å². The third-order valence-corrected chi connectivity index (χ3v) is 14.6. The van der Waals surface area contributed by atoms with Crippen molar-refractivity contribution in [3.05, 3.63) is 204 Å². The molecule has 1 N–H and O–H groups in total. The number of pyridine rings is 1. The van der Waals surface area contributed by atoms with Crippen LogP contribution in [0.3, 0.4) is 0 Å². The molecule has 0 amide bonds. The van der Waals surface area contributed by atoms with Crippen LogP contribution in [0.5, 0.6) is 5.75 Å². The van der Waals surface area contributed by atoms with Gasteiger partial charge in [-0.15, -0.1) is 29.3 Å². The molecule has 70 heavy (non-hydrogen) atoms. The number of aromatic hydroxyl groups is 1. The van der Waals surface area contributed by atoms with Crippen LogP contribution in [0.4, 0.5) is 0 Å². The summed E-state index contributed by atoms with van der Waals surface area (Å²) in [4.78, 5) is 10.6. The molecule has 2 heterocycles. The molecule has 356 valence electrons. The number of hydrogen-bond acceptors (Lipinski definition) is 3. The fraction of sp³-hybridized carbons (Fsp3) is 0.262. The zero-order valence-corrected chi connectivity index (χ0v) is 44.2. The number of phenols is 1. The summed E-state index contributed by atoms with van der Waals surface area (Å²) >= 11 is 0. The summed E-state index contributed by atoms with van der Waals surface area (Å²) in [5.41, 5.74) is 17.5. The number of rotatable bonds is 10. The second kappa shape index (κ2) is 19.4. The summed E-state index contributed by atoms with van der Waals surface area (Å²) in [6.07, 6.45) is 8.23. The van der Waals surface area contributed by atoms with Gasteiger partial charge in [0, 0.05) is 43.9 Å². The van der Waals surface area contributed by atoms with Crippen molar-refractivity contribution in [2.24, 2.45) is 5.92 Å². The second-order valence-corrected chi connectivity index (χ2v) is 21.9. The Morgan fingerprint density at radius 1 is 0.557 bits per heavy atom. The summed E-state index contributed by atoms with van der Waals surface area (Å²) in [6.45, 7) is 18.0. The average molecular weight is 1100 g/mol. The van der Waals surface area contributed by atoms with Crippen molar-refractivity contribution in [1.82, 2.24) is 14.5 Å².